The van der Waals surface area contributed by atoms with E-state index in [4.69, 9.17) is 13.6 Å². The van der Waals surface area contributed by atoms with E-state index in [1.807, 2.05) is 13.0 Å². The van der Waals surface area contributed by atoms with Crippen molar-refractivity contribution in [1.29, 1.82) is 0 Å². The van der Waals surface area contributed by atoms with Crippen molar-refractivity contribution in [1.82, 2.24) is 4.98 Å². The van der Waals surface area contributed by atoms with Crippen LogP contribution in [0.2, 0.25) is 0 Å². The number of carbonyl (C=O) groups excluding carboxylic acids is 1. The molecular formula is C12H18NO4Si. The van der Waals surface area contributed by atoms with E-state index < -0.39 is 9.28 Å². The molecule has 0 spiro atoms. The van der Waals surface area contributed by atoms with Crippen molar-refractivity contribution in [2.24, 2.45) is 0 Å². The second-order valence-electron chi connectivity index (χ2n) is 3.61. The second-order valence-corrected chi connectivity index (χ2v) is 5.71. The Morgan fingerprint density at radius 3 is 2.61 bits per heavy atom. The molecule has 0 N–H and O–H groups in total. The lowest BCUT2D eigenvalue weighted by atomic mass is 10.3. The summed E-state index contributed by atoms with van der Waals surface area (Å²) in [7, 11) is 1.56. The molecule has 18 heavy (non-hydrogen) atoms. The Morgan fingerprint density at radius 1 is 1.39 bits per heavy atom. The number of carbonyl (C=O) groups is 1. The number of hydrogen-bond donors (Lipinski definition) is 0. The molecule has 0 aliphatic carbocycles. The largest absolute Gasteiger partial charge is 0.460 e. The van der Waals surface area contributed by atoms with Gasteiger partial charge in [-0.3, -0.25) is 9.78 Å². The van der Waals surface area contributed by atoms with Gasteiger partial charge in [-0.15, -0.1) is 0 Å². The third kappa shape index (κ3) is 4.56. The summed E-state index contributed by atoms with van der Waals surface area (Å²) in [6, 6.07) is 5.44. The van der Waals surface area contributed by atoms with Gasteiger partial charge in [0.1, 0.15) is 5.73 Å². The van der Waals surface area contributed by atoms with Crippen LogP contribution in [0.15, 0.2) is 24.4 Å². The highest BCUT2D eigenvalue weighted by atomic mass is 28.3. The molecule has 1 aromatic heterocycles. The summed E-state index contributed by atoms with van der Waals surface area (Å²) in [5.41, 5.74) is 0.391. The van der Waals surface area contributed by atoms with Gasteiger partial charge in [0.15, 0.2) is 0 Å². The summed E-state index contributed by atoms with van der Waals surface area (Å²) in [6.07, 6.45) is 2.49. The number of esters is 1. The van der Waals surface area contributed by atoms with Crippen LogP contribution in [0.1, 0.15) is 19.0 Å². The highest BCUT2D eigenvalue weighted by Gasteiger charge is 2.28. The van der Waals surface area contributed by atoms with Crippen LogP contribution >= 0.6 is 0 Å². The number of aromatic nitrogens is 1. The molecule has 6 heteroatoms. The molecule has 1 aromatic rings. The van der Waals surface area contributed by atoms with Crippen LogP contribution in [0.25, 0.3) is 0 Å². The van der Waals surface area contributed by atoms with Gasteiger partial charge in [0.05, 0.1) is 12.1 Å². The molecule has 1 radical (unpaired) electrons. The van der Waals surface area contributed by atoms with E-state index in [-0.39, 0.29) is 18.1 Å². The third-order valence-corrected chi connectivity index (χ3v) is 4.22. The molecule has 0 saturated carbocycles. The number of pyridine rings is 1. The van der Waals surface area contributed by atoms with Crippen LogP contribution in [-0.2, 0) is 24.8 Å². The number of hydrogen-bond acceptors (Lipinski definition) is 5. The van der Waals surface area contributed by atoms with Gasteiger partial charge in [-0.1, -0.05) is 13.0 Å². The molecule has 1 rings (SSSR count). The summed E-state index contributed by atoms with van der Waals surface area (Å²) in [6.45, 7) is 1.93. The maximum absolute atomic E-state index is 11.8. The lowest BCUT2D eigenvalue weighted by Gasteiger charge is -2.20. The monoisotopic (exact) mass is 268 g/mol. The van der Waals surface area contributed by atoms with Crippen LogP contribution in [0, 0.1) is 0 Å². The summed E-state index contributed by atoms with van der Waals surface area (Å²) in [4.78, 5) is 15.8. The number of rotatable bonds is 7. The lowest BCUT2D eigenvalue weighted by Crippen LogP contribution is -2.39. The predicted molar refractivity (Wildman–Crippen MR) is 67.9 cm³/mol. The molecule has 0 amide bonds. The van der Waals surface area contributed by atoms with Crippen molar-refractivity contribution < 1.29 is 18.4 Å². The van der Waals surface area contributed by atoms with Gasteiger partial charge in [-0.05, 0) is 18.6 Å². The molecule has 1 heterocycles. The standard InChI is InChI=1S/C12H18NO4Si/c1-4-12(18(15-2)16-3)17-11(14)9-10-7-5-6-8-13-10/h5-8,12H,4,9H2,1-3H3. The fourth-order valence-electron chi connectivity index (χ4n) is 1.50. The molecule has 0 bridgehead atoms. The van der Waals surface area contributed by atoms with E-state index in [1.165, 1.54) is 0 Å². The van der Waals surface area contributed by atoms with Crippen molar-refractivity contribution in [3.05, 3.63) is 30.1 Å². The first-order valence-electron chi connectivity index (χ1n) is 5.75. The molecule has 0 aromatic carbocycles. The minimum atomic E-state index is -1.56. The zero-order valence-electron chi connectivity index (χ0n) is 10.9. The van der Waals surface area contributed by atoms with E-state index in [1.54, 1.807) is 32.5 Å². The van der Waals surface area contributed by atoms with Gasteiger partial charge >= 0.3 is 15.3 Å². The van der Waals surface area contributed by atoms with E-state index in [9.17, 15) is 4.79 Å². The Labute approximate surface area is 109 Å². The van der Waals surface area contributed by atoms with Crippen molar-refractivity contribution in [2.45, 2.75) is 25.5 Å². The fourth-order valence-corrected chi connectivity index (χ4v) is 2.75. The van der Waals surface area contributed by atoms with E-state index >= 15 is 0 Å². The normalized spacial score (nSPS) is 12.4. The Morgan fingerprint density at radius 2 is 2.11 bits per heavy atom. The summed E-state index contributed by atoms with van der Waals surface area (Å²) in [5, 5.41) is 0. The molecular weight excluding hydrogens is 250 g/mol. The van der Waals surface area contributed by atoms with E-state index in [2.05, 4.69) is 4.98 Å². The molecule has 1 atom stereocenters. The molecule has 5 nitrogen and oxygen atoms in total. The molecule has 99 valence electrons. The van der Waals surface area contributed by atoms with Crippen molar-refractivity contribution in [3.63, 3.8) is 0 Å². The maximum atomic E-state index is 11.8. The average molecular weight is 268 g/mol. The SMILES string of the molecule is CCC(OC(=O)Cc1ccccn1)[Si](OC)OC. The Kier molecular flexibility index (Phi) is 6.56. The second kappa shape index (κ2) is 7.96. The quantitative estimate of drug-likeness (QED) is 0.550. The maximum Gasteiger partial charge on any atom is 0.429 e. The summed E-state index contributed by atoms with van der Waals surface area (Å²) in [5.74, 6) is -0.308. The van der Waals surface area contributed by atoms with E-state index in [0.717, 1.165) is 0 Å². The highest BCUT2D eigenvalue weighted by Crippen LogP contribution is 2.07. The Bertz CT molecular complexity index is 356. The van der Waals surface area contributed by atoms with Crippen LogP contribution in [0.3, 0.4) is 0 Å². The summed E-state index contributed by atoms with van der Waals surface area (Å²) < 4.78 is 15.7. The number of ether oxygens (including phenoxy) is 1. The first-order valence-corrected chi connectivity index (χ1v) is 7.14. The zero-order valence-corrected chi connectivity index (χ0v) is 11.9. The predicted octanol–water partition coefficient (Wildman–Crippen LogP) is 1.27. The van der Waals surface area contributed by atoms with Gasteiger partial charge in [-0.2, -0.15) is 0 Å². The smallest absolute Gasteiger partial charge is 0.429 e. The minimum absolute atomic E-state index is 0.167. The molecule has 0 saturated heterocycles. The van der Waals surface area contributed by atoms with Crippen molar-refractivity contribution in [3.8, 4) is 0 Å². The Hall–Kier alpha value is -1.24. The zero-order chi connectivity index (χ0) is 13.4. The topological polar surface area (TPSA) is 57.7 Å². The van der Waals surface area contributed by atoms with Crippen molar-refractivity contribution in [2.75, 3.05) is 14.2 Å². The van der Waals surface area contributed by atoms with Crippen LogP contribution in [-0.4, -0.2) is 40.2 Å². The number of nitrogens with zero attached hydrogens (tertiary/aromatic N) is 1. The van der Waals surface area contributed by atoms with Gasteiger partial charge in [-0.25, -0.2) is 0 Å². The molecule has 0 aliphatic rings. The third-order valence-electron chi connectivity index (χ3n) is 2.36. The van der Waals surface area contributed by atoms with E-state index in [0.29, 0.717) is 12.1 Å². The first kappa shape index (κ1) is 14.8. The van der Waals surface area contributed by atoms with Gasteiger partial charge in [0, 0.05) is 20.4 Å². The van der Waals surface area contributed by atoms with Crippen LogP contribution in [0.5, 0.6) is 0 Å². The molecule has 1 unspecified atom stereocenters. The summed E-state index contributed by atoms with van der Waals surface area (Å²) >= 11 is 0. The van der Waals surface area contributed by atoms with Gasteiger partial charge < -0.3 is 13.6 Å². The van der Waals surface area contributed by atoms with Crippen LogP contribution in [0.4, 0.5) is 0 Å². The van der Waals surface area contributed by atoms with Crippen LogP contribution < -0.4 is 0 Å². The Balaban J connectivity index is 2.52. The molecule has 0 aliphatic heterocycles. The van der Waals surface area contributed by atoms with Gasteiger partial charge in [0.25, 0.3) is 0 Å². The molecule has 0 fully saturated rings. The minimum Gasteiger partial charge on any atom is -0.460 e. The highest BCUT2D eigenvalue weighted by molar-refractivity contribution is 6.46. The first-order chi connectivity index (χ1) is 8.71. The average Bonchev–Trinajstić information content (AvgIpc) is 2.40. The lowest BCUT2D eigenvalue weighted by molar-refractivity contribution is -0.146. The van der Waals surface area contributed by atoms with Gasteiger partial charge in [0.2, 0.25) is 0 Å². The fraction of sp³-hybridized carbons (Fsp3) is 0.500. The van der Waals surface area contributed by atoms with Crippen molar-refractivity contribution >= 4 is 15.3 Å².